The summed E-state index contributed by atoms with van der Waals surface area (Å²) < 4.78 is 0. The van der Waals surface area contributed by atoms with Gasteiger partial charge in [-0.25, -0.2) is 9.97 Å². The van der Waals surface area contributed by atoms with Crippen LogP contribution in [-0.2, 0) is 11.2 Å². The largest absolute Gasteiger partial charge is 0.365 e. The molecule has 1 amide bonds. The summed E-state index contributed by atoms with van der Waals surface area (Å²) in [5.41, 5.74) is 0. The smallest absolute Gasteiger partial charge is 0.220 e. The monoisotopic (exact) mass is 276 g/mol. The summed E-state index contributed by atoms with van der Waals surface area (Å²) in [6.45, 7) is 2.80. The average Bonchev–Trinajstić information content (AvgIpc) is 2.85. The predicted molar refractivity (Wildman–Crippen MR) is 76.4 cm³/mol. The molecule has 19 heavy (non-hydrogen) atoms. The van der Waals surface area contributed by atoms with Crippen LogP contribution in [-0.4, -0.2) is 28.5 Å². The molecule has 0 saturated carbocycles. The Labute approximate surface area is 115 Å². The Morgan fingerprint density at radius 2 is 2.42 bits per heavy atom. The maximum Gasteiger partial charge on any atom is 0.220 e. The second-order valence-electron chi connectivity index (χ2n) is 4.69. The first kappa shape index (κ1) is 12.3. The number of aromatic nitrogens is 2. The summed E-state index contributed by atoms with van der Waals surface area (Å²) in [7, 11) is 0. The highest BCUT2D eigenvalue weighted by Crippen LogP contribution is 2.29. The van der Waals surface area contributed by atoms with Gasteiger partial charge < -0.3 is 10.6 Å². The number of nitrogens with zero attached hydrogens (tertiary/aromatic N) is 2. The first-order valence-corrected chi connectivity index (χ1v) is 7.34. The number of rotatable bonds is 3. The molecule has 1 atom stereocenters. The molecule has 0 aliphatic carbocycles. The van der Waals surface area contributed by atoms with Crippen molar-refractivity contribution in [1.29, 1.82) is 0 Å². The number of hydrogen-bond acceptors (Lipinski definition) is 5. The lowest BCUT2D eigenvalue weighted by Gasteiger charge is -2.24. The van der Waals surface area contributed by atoms with Gasteiger partial charge in [-0.05, 0) is 18.9 Å². The van der Waals surface area contributed by atoms with Gasteiger partial charge in [-0.15, -0.1) is 11.3 Å². The maximum atomic E-state index is 11.2. The highest BCUT2D eigenvalue weighted by Gasteiger charge is 2.19. The van der Waals surface area contributed by atoms with Crippen molar-refractivity contribution in [3.63, 3.8) is 0 Å². The minimum absolute atomic E-state index is 0.134. The lowest BCUT2D eigenvalue weighted by Crippen LogP contribution is -2.42. The molecular formula is C13H16N4OS. The number of amides is 1. The molecule has 1 fully saturated rings. The van der Waals surface area contributed by atoms with Gasteiger partial charge in [0.1, 0.15) is 17.0 Å². The van der Waals surface area contributed by atoms with E-state index in [-0.39, 0.29) is 11.9 Å². The van der Waals surface area contributed by atoms with E-state index < -0.39 is 0 Å². The molecule has 1 aliphatic rings. The fourth-order valence-electron chi connectivity index (χ4n) is 2.24. The Balaban J connectivity index is 1.84. The van der Waals surface area contributed by atoms with Crippen LogP contribution in [0.4, 0.5) is 5.82 Å². The van der Waals surface area contributed by atoms with E-state index in [9.17, 15) is 4.79 Å². The molecule has 5 nitrogen and oxygen atoms in total. The quantitative estimate of drug-likeness (QED) is 0.899. The van der Waals surface area contributed by atoms with Crippen LogP contribution in [0.1, 0.15) is 24.6 Å². The molecule has 0 spiro atoms. The van der Waals surface area contributed by atoms with E-state index in [1.54, 1.807) is 17.7 Å². The minimum Gasteiger partial charge on any atom is -0.365 e. The van der Waals surface area contributed by atoms with E-state index >= 15 is 0 Å². The first-order chi connectivity index (χ1) is 9.26. The topological polar surface area (TPSA) is 66.9 Å². The van der Waals surface area contributed by atoms with Gasteiger partial charge in [0.15, 0.2) is 0 Å². The lowest BCUT2D eigenvalue weighted by molar-refractivity contribution is -0.122. The molecule has 2 aromatic heterocycles. The van der Waals surface area contributed by atoms with Crippen molar-refractivity contribution < 1.29 is 4.79 Å². The average molecular weight is 276 g/mol. The molecule has 0 aromatic carbocycles. The fraction of sp³-hybridized carbons (Fsp3) is 0.462. The van der Waals surface area contributed by atoms with Gasteiger partial charge in [0.25, 0.3) is 0 Å². The Morgan fingerprint density at radius 1 is 1.53 bits per heavy atom. The van der Waals surface area contributed by atoms with E-state index in [0.717, 1.165) is 28.9 Å². The highest BCUT2D eigenvalue weighted by molar-refractivity contribution is 7.18. The van der Waals surface area contributed by atoms with Crippen LogP contribution in [0.3, 0.4) is 0 Å². The number of aryl methyl sites for hydroxylation is 1. The van der Waals surface area contributed by atoms with Gasteiger partial charge in [-0.1, -0.05) is 6.92 Å². The van der Waals surface area contributed by atoms with Gasteiger partial charge in [-0.2, -0.15) is 0 Å². The number of anilines is 1. The SMILES string of the molecule is CCc1cc2c(NC3CCC(=O)NC3)ncnc2s1. The van der Waals surface area contributed by atoms with E-state index in [2.05, 4.69) is 33.6 Å². The summed E-state index contributed by atoms with van der Waals surface area (Å²) in [5.74, 6) is 1.01. The van der Waals surface area contributed by atoms with Gasteiger partial charge in [0.05, 0.1) is 5.39 Å². The van der Waals surface area contributed by atoms with E-state index in [1.807, 2.05) is 0 Å². The number of carbonyl (C=O) groups excluding carboxylic acids is 1. The molecule has 1 saturated heterocycles. The number of hydrogen-bond donors (Lipinski definition) is 2. The molecule has 3 rings (SSSR count). The summed E-state index contributed by atoms with van der Waals surface area (Å²) in [5, 5.41) is 7.38. The van der Waals surface area contributed by atoms with Crippen LogP contribution in [0.5, 0.6) is 0 Å². The van der Waals surface area contributed by atoms with Crippen molar-refractivity contribution in [3.05, 3.63) is 17.3 Å². The summed E-state index contributed by atoms with van der Waals surface area (Å²) >= 11 is 1.71. The number of carbonyl (C=O) groups is 1. The molecule has 1 aliphatic heterocycles. The standard InChI is InChI=1S/C13H16N4OS/c1-2-9-5-10-12(15-7-16-13(10)19-9)17-8-3-4-11(18)14-6-8/h5,7-8H,2-4,6H2,1H3,(H,14,18)(H,15,16,17). The van der Waals surface area contributed by atoms with Crippen molar-refractivity contribution in [2.75, 3.05) is 11.9 Å². The van der Waals surface area contributed by atoms with Crippen molar-refractivity contribution in [2.45, 2.75) is 32.2 Å². The summed E-state index contributed by atoms with van der Waals surface area (Å²) in [6, 6.07) is 2.41. The van der Waals surface area contributed by atoms with Crippen LogP contribution in [0, 0.1) is 0 Å². The number of fused-ring (bicyclic) bond motifs is 1. The molecule has 1 unspecified atom stereocenters. The van der Waals surface area contributed by atoms with Crippen molar-refractivity contribution in [3.8, 4) is 0 Å². The van der Waals surface area contributed by atoms with Crippen LogP contribution < -0.4 is 10.6 Å². The van der Waals surface area contributed by atoms with Gasteiger partial charge in [0, 0.05) is 23.9 Å². The molecule has 0 radical (unpaired) electrons. The Kier molecular flexibility index (Phi) is 3.33. The number of thiophene rings is 1. The van der Waals surface area contributed by atoms with Crippen molar-refractivity contribution in [1.82, 2.24) is 15.3 Å². The normalized spacial score (nSPS) is 19.4. The summed E-state index contributed by atoms with van der Waals surface area (Å²) in [4.78, 5) is 22.1. The molecule has 3 heterocycles. The highest BCUT2D eigenvalue weighted by atomic mass is 32.1. The second-order valence-corrected chi connectivity index (χ2v) is 5.81. The molecule has 2 N–H and O–H groups in total. The van der Waals surface area contributed by atoms with Gasteiger partial charge in [-0.3, -0.25) is 4.79 Å². The van der Waals surface area contributed by atoms with Crippen LogP contribution in [0.15, 0.2) is 12.4 Å². The van der Waals surface area contributed by atoms with E-state index in [1.165, 1.54) is 4.88 Å². The van der Waals surface area contributed by atoms with Crippen molar-refractivity contribution >= 4 is 33.3 Å². The Morgan fingerprint density at radius 3 is 3.16 bits per heavy atom. The third-order valence-electron chi connectivity index (χ3n) is 3.34. The molecular weight excluding hydrogens is 260 g/mol. The zero-order valence-corrected chi connectivity index (χ0v) is 11.6. The summed E-state index contributed by atoms with van der Waals surface area (Å²) in [6.07, 6.45) is 4.04. The predicted octanol–water partition coefficient (Wildman–Crippen LogP) is 1.94. The van der Waals surface area contributed by atoms with Gasteiger partial charge >= 0.3 is 0 Å². The third-order valence-corrected chi connectivity index (χ3v) is 4.52. The molecule has 0 bridgehead atoms. The van der Waals surface area contributed by atoms with Crippen LogP contribution in [0.2, 0.25) is 0 Å². The Bertz CT molecular complexity index is 600. The second kappa shape index (κ2) is 5.13. The van der Waals surface area contributed by atoms with E-state index in [4.69, 9.17) is 0 Å². The molecule has 100 valence electrons. The molecule has 6 heteroatoms. The lowest BCUT2D eigenvalue weighted by atomic mass is 10.1. The van der Waals surface area contributed by atoms with Crippen molar-refractivity contribution in [2.24, 2.45) is 0 Å². The zero-order chi connectivity index (χ0) is 13.2. The Hall–Kier alpha value is -1.69. The molecule has 2 aromatic rings. The van der Waals surface area contributed by atoms with E-state index in [0.29, 0.717) is 13.0 Å². The fourth-order valence-corrected chi connectivity index (χ4v) is 3.18. The number of nitrogens with one attached hydrogen (secondary N) is 2. The zero-order valence-electron chi connectivity index (χ0n) is 10.8. The first-order valence-electron chi connectivity index (χ1n) is 6.53. The maximum absolute atomic E-state index is 11.2. The minimum atomic E-state index is 0.134. The third kappa shape index (κ3) is 2.53. The van der Waals surface area contributed by atoms with Crippen LogP contribution in [0.25, 0.3) is 10.2 Å². The number of piperidine rings is 1. The van der Waals surface area contributed by atoms with Gasteiger partial charge in [0.2, 0.25) is 5.91 Å². The van der Waals surface area contributed by atoms with Crippen LogP contribution >= 0.6 is 11.3 Å².